The molecule has 3 aliphatic carbocycles. The van der Waals surface area contributed by atoms with Gasteiger partial charge in [-0.3, -0.25) is 0 Å². The van der Waals surface area contributed by atoms with E-state index < -0.39 is 17.8 Å². The number of fused-ring (bicyclic) bond motifs is 1. The molecule has 7 atom stereocenters. The summed E-state index contributed by atoms with van der Waals surface area (Å²) in [6.45, 7) is 14.7. The number of aliphatic hydroxyl groups excluding tert-OH is 2. The van der Waals surface area contributed by atoms with Gasteiger partial charge in [-0.2, -0.15) is 0 Å². The van der Waals surface area contributed by atoms with Gasteiger partial charge in [0.1, 0.15) is 0 Å². The molecule has 3 nitrogen and oxygen atoms in total. The van der Waals surface area contributed by atoms with Gasteiger partial charge >= 0.3 is 0 Å². The fraction of sp³-hybridized carbons (Fsp3) is 0.714. The van der Waals surface area contributed by atoms with E-state index in [0.29, 0.717) is 36.0 Å². The van der Waals surface area contributed by atoms with Gasteiger partial charge in [-0.25, -0.2) is 0 Å². The Morgan fingerprint density at radius 3 is 2.52 bits per heavy atom. The van der Waals surface area contributed by atoms with Gasteiger partial charge in [0.25, 0.3) is 0 Å². The SMILES string of the molecule is C=C1/C(=C\C=C2\CCC[C@]3(C)[C@@H]([C@H](C)/C=C/[C@H](C)C(C)(C)O)CC[C@@H]23)C[C@@H](O)C[C@@H]1O. The van der Waals surface area contributed by atoms with Gasteiger partial charge in [-0.1, -0.05) is 57.2 Å². The largest absolute Gasteiger partial charge is 0.393 e. The second-order valence-corrected chi connectivity index (χ2v) is 11.4. The highest BCUT2D eigenvalue weighted by atomic mass is 16.3. The van der Waals surface area contributed by atoms with Gasteiger partial charge in [0.15, 0.2) is 0 Å². The van der Waals surface area contributed by atoms with Crippen LogP contribution in [0.1, 0.15) is 79.6 Å². The van der Waals surface area contributed by atoms with Gasteiger partial charge in [-0.05, 0) is 86.7 Å². The van der Waals surface area contributed by atoms with Crippen LogP contribution in [-0.4, -0.2) is 33.1 Å². The molecule has 0 aromatic rings. The van der Waals surface area contributed by atoms with Crippen molar-refractivity contribution < 1.29 is 15.3 Å². The molecule has 0 unspecified atom stereocenters. The number of hydrogen-bond acceptors (Lipinski definition) is 3. The van der Waals surface area contributed by atoms with Crippen LogP contribution in [0.4, 0.5) is 0 Å². The number of allylic oxidation sites excluding steroid dienone is 4. The van der Waals surface area contributed by atoms with Crippen molar-refractivity contribution in [3.63, 3.8) is 0 Å². The minimum Gasteiger partial charge on any atom is -0.393 e. The first kappa shape index (κ1) is 24.5. The zero-order chi connectivity index (χ0) is 23.0. The van der Waals surface area contributed by atoms with Crippen molar-refractivity contribution in [3.05, 3.63) is 47.6 Å². The smallest absolute Gasteiger partial charge is 0.0811 e. The zero-order valence-corrected chi connectivity index (χ0v) is 20.3. The molecule has 0 radical (unpaired) electrons. The van der Waals surface area contributed by atoms with Crippen LogP contribution in [0, 0.1) is 29.1 Å². The fourth-order valence-corrected chi connectivity index (χ4v) is 6.32. The quantitative estimate of drug-likeness (QED) is 0.490. The third-order valence-corrected chi connectivity index (χ3v) is 8.75. The lowest BCUT2D eigenvalue weighted by Gasteiger charge is -2.44. The van der Waals surface area contributed by atoms with Crippen molar-refractivity contribution in [1.29, 1.82) is 0 Å². The van der Waals surface area contributed by atoms with E-state index >= 15 is 0 Å². The van der Waals surface area contributed by atoms with E-state index in [1.165, 1.54) is 31.3 Å². The first-order chi connectivity index (χ1) is 14.4. The summed E-state index contributed by atoms with van der Waals surface area (Å²) in [7, 11) is 0. The Morgan fingerprint density at radius 2 is 1.84 bits per heavy atom. The summed E-state index contributed by atoms with van der Waals surface area (Å²) < 4.78 is 0. The van der Waals surface area contributed by atoms with Crippen molar-refractivity contribution in [3.8, 4) is 0 Å². The minimum absolute atomic E-state index is 0.141. The van der Waals surface area contributed by atoms with E-state index in [2.05, 4.69) is 51.7 Å². The minimum atomic E-state index is -0.684. The molecule has 0 aromatic carbocycles. The van der Waals surface area contributed by atoms with Crippen LogP contribution in [0.3, 0.4) is 0 Å². The van der Waals surface area contributed by atoms with Crippen molar-refractivity contribution in [2.75, 3.05) is 0 Å². The molecule has 3 fully saturated rings. The molecule has 0 amide bonds. The highest BCUT2D eigenvalue weighted by Crippen LogP contribution is 2.59. The third-order valence-electron chi connectivity index (χ3n) is 8.75. The van der Waals surface area contributed by atoms with Crippen molar-refractivity contribution in [1.82, 2.24) is 0 Å². The Hall–Kier alpha value is -1.16. The van der Waals surface area contributed by atoms with Crippen LogP contribution in [0.15, 0.2) is 47.6 Å². The fourth-order valence-electron chi connectivity index (χ4n) is 6.32. The zero-order valence-electron chi connectivity index (χ0n) is 20.3. The summed E-state index contributed by atoms with van der Waals surface area (Å²) >= 11 is 0. The maximum absolute atomic E-state index is 10.3. The molecule has 0 saturated heterocycles. The predicted octanol–water partition coefficient (Wildman–Crippen LogP) is 5.73. The van der Waals surface area contributed by atoms with Gasteiger partial charge in [0.2, 0.25) is 0 Å². The molecule has 31 heavy (non-hydrogen) atoms. The first-order valence-electron chi connectivity index (χ1n) is 12.3. The van der Waals surface area contributed by atoms with Crippen molar-refractivity contribution >= 4 is 0 Å². The maximum Gasteiger partial charge on any atom is 0.0811 e. The maximum atomic E-state index is 10.3. The summed E-state index contributed by atoms with van der Waals surface area (Å²) in [6.07, 6.45) is 15.0. The monoisotopic (exact) mass is 428 g/mol. The Kier molecular flexibility index (Phi) is 7.40. The van der Waals surface area contributed by atoms with Crippen LogP contribution < -0.4 is 0 Å². The summed E-state index contributed by atoms with van der Waals surface area (Å²) in [4.78, 5) is 0. The molecule has 3 rings (SSSR count). The molecule has 0 spiro atoms. The van der Waals surface area contributed by atoms with Crippen molar-refractivity contribution in [2.24, 2.45) is 29.1 Å². The van der Waals surface area contributed by atoms with E-state index in [1.54, 1.807) is 0 Å². The normalized spacial score (nSPS) is 39.3. The van der Waals surface area contributed by atoms with Crippen LogP contribution in [0.5, 0.6) is 0 Å². The molecular weight excluding hydrogens is 384 g/mol. The molecule has 0 aliphatic heterocycles. The predicted molar refractivity (Wildman–Crippen MR) is 128 cm³/mol. The lowest BCUT2D eigenvalue weighted by Crippen LogP contribution is -2.35. The molecular formula is C28H44O3. The van der Waals surface area contributed by atoms with E-state index in [9.17, 15) is 15.3 Å². The second kappa shape index (κ2) is 9.37. The third kappa shape index (κ3) is 5.26. The topological polar surface area (TPSA) is 60.7 Å². The van der Waals surface area contributed by atoms with E-state index in [0.717, 1.165) is 17.6 Å². The Morgan fingerprint density at radius 1 is 1.13 bits per heavy atom. The number of rotatable bonds is 5. The van der Waals surface area contributed by atoms with E-state index in [1.807, 2.05) is 13.8 Å². The highest BCUT2D eigenvalue weighted by molar-refractivity contribution is 5.38. The second-order valence-electron chi connectivity index (χ2n) is 11.4. The highest BCUT2D eigenvalue weighted by Gasteiger charge is 2.50. The molecule has 0 aromatic heterocycles. The molecule has 0 heterocycles. The number of hydrogen-bond donors (Lipinski definition) is 3. The summed E-state index contributed by atoms with van der Waals surface area (Å²) in [6, 6.07) is 0. The summed E-state index contributed by atoms with van der Waals surface area (Å²) in [5.41, 5.74) is 2.93. The van der Waals surface area contributed by atoms with E-state index in [-0.39, 0.29) is 5.92 Å². The Labute approximate surface area is 189 Å². The summed E-state index contributed by atoms with van der Waals surface area (Å²) in [5.74, 6) is 1.91. The molecule has 3 heteroatoms. The molecule has 0 bridgehead atoms. The standard InChI is InChI=1S/C28H44O3/c1-18(9-10-19(2)27(4,5)31)24-13-14-25-21(8-7-15-28(24,25)6)11-12-22-16-23(29)17-26(30)20(22)3/h9-12,18-19,23-26,29-31H,3,7-8,13-17H2,1-2,4-6H3/b10-9+,21-11-,22-12-/t18-,19+,23-,24-,25+,26+,28-/m1/s1. The van der Waals surface area contributed by atoms with Gasteiger partial charge < -0.3 is 15.3 Å². The number of aliphatic hydroxyl groups is 3. The van der Waals surface area contributed by atoms with E-state index in [4.69, 9.17) is 0 Å². The average molecular weight is 429 g/mol. The molecule has 3 saturated carbocycles. The van der Waals surface area contributed by atoms with Gasteiger partial charge in [-0.15, -0.1) is 0 Å². The van der Waals surface area contributed by atoms with Crippen molar-refractivity contribution in [2.45, 2.75) is 97.4 Å². The molecule has 3 N–H and O–H groups in total. The van der Waals surface area contributed by atoms with Gasteiger partial charge in [0.05, 0.1) is 17.8 Å². The van der Waals surface area contributed by atoms with Gasteiger partial charge in [0, 0.05) is 12.3 Å². The lowest BCUT2D eigenvalue weighted by atomic mass is 9.61. The Bertz CT molecular complexity index is 753. The van der Waals surface area contributed by atoms with Crippen LogP contribution >= 0.6 is 0 Å². The lowest BCUT2D eigenvalue weighted by molar-refractivity contribution is 0.0436. The molecule has 3 aliphatic rings. The molecule has 174 valence electrons. The summed E-state index contributed by atoms with van der Waals surface area (Å²) in [5, 5.41) is 30.4. The van der Waals surface area contributed by atoms with Crippen LogP contribution in [0.25, 0.3) is 0 Å². The first-order valence-corrected chi connectivity index (χ1v) is 12.3. The van der Waals surface area contributed by atoms with Crippen LogP contribution in [-0.2, 0) is 0 Å². The van der Waals surface area contributed by atoms with Crippen LogP contribution in [0.2, 0.25) is 0 Å². The Balaban J connectivity index is 1.76. The average Bonchev–Trinajstić information content (AvgIpc) is 3.04.